The van der Waals surface area contributed by atoms with E-state index in [-0.39, 0.29) is 9.52 Å². The Kier molecular flexibility index (Phi) is 1.68. The fourth-order valence-electron chi connectivity index (χ4n) is 1.08. The minimum atomic E-state index is 0.160. The van der Waals surface area contributed by atoms with Gasteiger partial charge in [-0.2, -0.15) is 0 Å². The Labute approximate surface area is 53.1 Å². The van der Waals surface area contributed by atoms with Crippen molar-refractivity contribution in [1.29, 1.82) is 0 Å². The van der Waals surface area contributed by atoms with Gasteiger partial charge >= 0.3 is 0 Å². The molecule has 1 heteroatoms. The van der Waals surface area contributed by atoms with E-state index in [4.69, 9.17) is 0 Å². The van der Waals surface area contributed by atoms with Gasteiger partial charge in [-0.3, -0.25) is 0 Å². The minimum absolute atomic E-state index is 0.160. The summed E-state index contributed by atoms with van der Waals surface area (Å²) in [5.41, 5.74) is 1.54. The van der Waals surface area contributed by atoms with Crippen molar-refractivity contribution in [3.05, 3.63) is 22.9 Å². The van der Waals surface area contributed by atoms with Gasteiger partial charge in [-0.1, -0.05) is 29.5 Å². The van der Waals surface area contributed by atoms with Crippen molar-refractivity contribution in [3.8, 4) is 0 Å². The number of hydrogen-bond acceptors (Lipinski definition) is 0. The molecule has 0 N–H and O–H groups in total. The second-order valence-corrected chi connectivity index (χ2v) is 3.81. The maximum atomic E-state index is 2.35. The average Bonchev–Trinajstić information content (AvgIpc) is 2.14. The van der Waals surface area contributed by atoms with Crippen molar-refractivity contribution in [2.24, 2.45) is 0 Å². The molecule has 8 heavy (non-hydrogen) atoms. The maximum Gasteiger partial charge on any atom is 0.0472 e. The molecule has 0 atom stereocenters. The molecule has 0 radical (unpaired) electrons. The molecule has 0 heterocycles. The van der Waals surface area contributed by atoms with Gasteiger partial charge in [-0.15, -0.1) is 0 Å². The van der Waals surface area contributed by atoms with Gasteiger partial charge in [0, 0.05) is 9.52 Å². The molecule has 44 valence electrons. The van der Waals surface area contributed by atoms with Gasteiger partial charge in [0.1, 0.15) is 0 Å². The Bertz CT molecular complexity index is 142. The smallest absolute Gasteiger partial charge is 0.0472 e. The lowest BCUT2D eigenvalue weighted by molar-refractivity contribution is 1.36. The molecule has 0 saturated carbocycles. The first-order valence-corrected chi connectivity index (χ1v) is 5.32. The van der Waals surface area contributed by atoms with Crippen LogP contribution in [0.4, 0.5) is 0 Å². The summed E-state index contributed by atoms with van der Waals surface area (Å²) in [5.74, 6) is 0. The van der Waals surface area contributed by atoms with Gasteiger partial charge in [0.05, 0.1) is 0 Å². The number of allylic oxidation sites excluding steroid dienone is 4. The summed E-state index contributed by atoms with van der Waals surface area (Å²) < 4.78 is 0. The van der Waals surface area contributed by atoms with Gasteiger partial charge in [0.15, 0.2) is 0 Å². The molecule has 0 aromatic carbocycles. The number of rotatable bonds is 1. The first-order chi connectivity index (χ1) is 3.84. The topological polar surface area (TPSA) is 0 Å². The van der Waals surface area contributed by atoms with E-state index in [1.165, 1.54) is 6.42 Å². The Morgan fingerprint density at radius 3 is 2.62 bits per heavy atom. The molecule has 0 spiro atoms. The SMILES string of the molecule is C[SiH2]C1=C(C)C=CC1. The van der Waals surface area contributed by atoms with E-state index >= 15 is 0 Å². The maximum absolute atomic E-state index is 2.35. The highest BCUT2D eigenvalue weighted by Gasteiger charge is 2.00. The van der Waals surface area contributed by atoms with Crippen LogP contribution in [-0.2, 0) is 0 Å². The minimum Gasteiger partial charge on any atom is -0.0817 e. The molecule has 0 amide bonds. The van der Waals surface area contributed by atoms with Crippen LogP contribution in [0, 0.1) is 0 Å². The zero-order valence-corrected chi connectivity index (χ0v) is 6.98. The van der Waals surface area contributed by atoms with Crippen molar-refractivity contribution in [3.63, 3.8) is 0 Å². The molecule has 1 aliphatic carbocycles. The summed E-state index contributed by atoms with van der Waals surface area (Å²) in [7, 11) is 0.160. The molecule has 0 aromatic heterocycles. The van der Waals surface area contributed by atoms with Crippen LogP contribution in [-0.4, -0.2) is 9.52 Å². The van der Waals surface area contributed by atoms with Crippen LogP contribution >= 0.6 is 0 Å². The molecule has 0 unspecified atom stereocenters. The molecule has 0 aromatic rings. The molecule has 1 rings (SSSR count). The zero-order chi connectivity index (χ0) is 5.98. The molecular formula is C7H12Si. The van der Waals surface area contributed by atoms with Crippen molar-refractivity contribution in [1.82, 2.24) is 0 Å². The second kappa shape index (κ2) is 2.31. The molecule has 0 nitrogen and oxygen atoms in total. The fourth-order valence-corrected chi connectivity index (χ4v) is 2.21. The predicted octanol–water partition coefficient (Wildman–Crippen LogP) is 1.44. The second-order valence-electron chi connectivity index (χ2n) is 2.25. The molecule has 0 saturated heterocycles. The predicted molar refractivity (Wildman–Crippen MR) is 40.9 cm³/mol. The first-order valence-electron chi connectivity index (χ1n) is 3.19. The molecule has 0 aliphatic heterocycles. The fraction of sp³-hybridized carbons (Fsp3) is 0.429. The lowest BCUT2D eigenvalue weighted by atomic mass is 10.3. The first kappa shape index (κ1) is 5.83. The van der Waals surface area contributed by atoms with Crippen LogP contribution in [0.5, 0.6) is 0 Å². The summed E-state index contributed by atoms with van der Waals surface area (Å²) in [4.78, 5) is 0. The van der Waals surface area contributed by atoms with E-state index in [1.807, 2.05) is 0 Å². The molecule has 1 aliphatic rings. The molecule has 0 fully saturated rings. The Morgan fingerprint density at radius 2 is 2.38 bits per heavy atom. The Morgan fingerprint density at radius 1 is 1.62 bits per heavy atom. The Hall–Kier alpha value is -0.303. The van der Waals surface area contributed by atoms with Gasteiger partial charge in [0.2, 0.25) is 0 Å². The van der Waals surface area contributed by atoms with Gasteiger partial charge in [-0.25, -0.2) is 0 Å². The normalized spacial score (nSPS) is 19.8. The van der Waals surface area contributed by atoms with Crippen LogP contribution in [0.25, 0.3) is 0 Å². The summed E-state index contributed by atoms with van der Waals surface area (Å²) in [6, 6.07) is 0. The average molecular weight is 124 g/mol. The van der Waals surface area contributed by atoms with Crippen molar-refractivity contribution >= 4 is 9.52 Å². The summed E-state index contributed by atoms with van der Waals surface area (Å²) in [5, 5.41) is 1.74. The molecule has 0 bridgehead atoms. The van der Waals surface area contributed by atoms with Gasteiger partial charge < -0.3 is 0 Å². The zero-order valence-electron chi connectivity index (χ0n) is 5.57. The quantitative estimate of drug-likeness (QED) is 0.464. The number of hydrogen-bond donors (Lipinski definition) is 0. The van der Waals surface area contributed by atoms with Crippen LogP contribution in [0.3, 0.4) is 0 Å². The highest BCUT2D eigenvalue weighted by molar-refractivity contribution is 6.44. The third-order valence-electron chi connectivity index (χ3n) is 1.72. The largest absolute Gasteiger partial charge is 0.0817 e. The monoisotopic (exact) mass is 124 g/mol. The lowest BCUT2D eigenvalue weighted by Crippen LogP contribution is -1.87. The van der Waals surface area contributed by atoms with E-state index in [2.05, 4.69) is 25.6 Å². The molecular weight excluding hydrogens is 112 g/mol. The van der Waals surface area contributed by atoms with Crippen molar-refractivity contribution < 1.29 is 0 Å². The third kappa shape index (κ3) is 0.919. The van der Waals surface area contributed by atoms with Crippen LogP contribution in [0.15, 0.2) is 22.9 Å². The van der Waals surface area contributed by atoms with Crippen LogP contribution < -0.4 is 0 Å². The highest BCUT2D eigenvalue weighted by atomic mass is 28.2. The van der Waals surface area contributed by atoms with Crippen LogP contribution in [0.1, 0.15) is 13.3 Å². The highest BCUT2D eigenvalue weighted by Crippen LogP contribution is 2.16. The van der Waals surface area contributed by atoms with E-state index in [1.54, 1.807) is 10.8 Å². The van der Waals surface area contributed by atoms with Gasteiger partial charge in [-0.05, 0) is 13.3 Å². The third-order valence-corrected chi connectivity index (χ3v) is 3.42. The standard InChI is InChI=1S/C7H12Si/c1-6-4-3-5-7(6)8-2/h3-4H,5,8H2,1-2H3. The van der Waals surface area contributed by atoms with Crippen molar-refractivity contribution in [2.45, 2.75) is 19.9 Å². The summed E-state index contributed by atoms with van der Waals surface area (Å²) in [6.45, 7) is 4.57. The van der Waals surface area contributed by atoms with E-state index < -0.39 is 0 Å². The summed E-state index contributed by atoms with van der Waals surface area (Å²) >= 11 is 0. The van der Waals surface area contributed by atoms with Crippen molar-refractivity contribution in [2.75, 3.05) is 0 Å². The van der Waals surface area contributed by atoms with E-state index in [0.717, 1.165) is 0 Å². The Balaban J connectivity index is 2.68. The van der Waals surface area contributed by atoms with Crippen LogP contribution in [0.2, 0.25) is 6.55 Å². The summed E-state index contributed by atoms with van der Waals surface area (Å²) in [6.07, 6.45) is 5.77. The van der Waals surface area contributed by atoms with E-state index in [9.17, 15) is 0 Å². The van der Waals surface area contributed by atoms with Gasteiger partial charge in [0.25, 0.3) is 0 Å². The lowest BCUT2D eigenvalue weighted by Gasteiger charge is -1.94. The van der Waals surface area contributed by atoms with E-state index in [0.29, 0.717) is 0 Å².